The van der Waals surface area contributed by atoms with Gasteiger partial charge in [0.2, 0.25) is 0 Å². The van der Waals surface area contributed by atoms with Gasteiger partial charge >= 0.3 is 12.1 Å². The first-order chi connectivity index (χ1) is 15.2. The van der Waals surface area contributed by atoms with Crippen molar-refractivity contribution >= 4 is 11.5 Å². The van der Waals surface area contributed by atoms with Gasteiger partial charge in [0.1, 0.15) is 5.82 Å². The minimum atomic E-state index is -5.08. The molecule has 0 aromatic heterocycles. The standard InChI is InChI=1S/C23H24FN.C2HF3O2/c24-23-14-18(8-11-22(23)17-4-2-1-3-5-17)19-12-20-9-10-21(13-19)25(20)15-16-6-7-16;3-2(4,5)1(6)7/h1-5,8,11-12,14,16,20-21H,6-7,9-10,13,15H2;(H,6,7). The minimum Gasteiger partial charge on any atom is -0.475 e. The first-order valence-corrected chi connectivity index (χ1v) is 10.8. The zero-order chi connectivity index (χ0) is 22.9. The third kappa shape index (κ3) is 5.21. The predicted octanol–water partition coefficient (Wildman–Crippen LogP) is 6.16. The van der Waals surface area contributed by atoms with E-state index in [1.807, 2.05) is 36.4 Å². The molecule has 1 saturated carbocycles. The summed E-state index contributed by atoms with van der Waals surface area (Å²) in [4.78, 5) is 11.6. The molecule has 1 saturated heterocycles. The summed E-state index contributed by atoms with van der Waals surface area (Å²) in [7, 11) is 0. The minimum absolute atomic E-state index is 0.114. The van der Waals surface area contributed by atoms with Crippen LogP contribution in [0.25, 0.3) is 16.7 Å². The predicted molar refractivity (Wildman–Crippen MR) is 114 cm³/mol. The van der Waals surface area contributed by atoms with Crippen molar-refractivity contribution in [1.82, 2.24) is 4.90 Å². The van der Waals surface area contributed by atoms with Gasteiger partial charge in [0.05, 0.1) is 0 Å². The maximum Gasteiger partial charge on any atom is 0.490 e. The van der Waals surface area contributed by atoms with Crippen molar-refractivity contribution in [2.75, 3.05) is 6.54 Å². The maximum atomic E-state index is 14.7. The number of carboxylic acids is 1. The van der Waals surface area contributed by atoms with Crippen LogP contribution in [0.4, 0.5) is 17.6 Å². The van der Waals surface area contributed by atoms with Crippen molar-refractivity contribution in [1.29, 1.82) is 0 Å². The van der Waals surface area contributed by atoms with E-state index in [9.17, 15) is 17.6 Å². The molecule has 0 spiro atoms. The number of rotatable bonds is 4. The maximum absolute atomic E-state index is 14.7. The average Bonchev–Trinajstić information content (AvgIpc) is 3.54. The van der Waals surface area contributed by atoms with Gasteiger partial charge < -0.3 is 5.11 Å². The summed E-state index contributed by atoms with van der Waals surface area (Å²) in [5.41, 5.74) is 4.05. The van der Waals surface area contributed by atoms with Crippen LogP contribution >= 0.6 is 0 Å². The van der Waals surface area contributed by atoms with Crippen LogP contribution in [0, 0.1) is 11.7 Å². The summed E-state index contributed by atoms with van der Waals surface area (Å²) >= 11 is 0. The molecule has 1 aliphatic carbocycles. The number of aliphatic carboxylic acids is 1. The Labute approximate surface area is 184 Å². The van der Waals surface area contributed by atoms with Crippen LogP contribution in [-0.2, 0) is 4.79 Å². The fraction of sp³-hybridized carbons (Fsp3) is 0.400. The molecule has 2 aromatic carbocycles. The van der Waals surface area contributed by atoms with Gasteiger partial charge in [0.15, 0.2) is 0 Å². The van der Waals surface area contributed by atoms with Crippen LogP contribution in [-0.4, -0.2) is 40.8 Å². The normalized spacial score (nSPS) is 22.7. The molecule has 0 radical (unpaired) electrons. The summed E-state index contributed by atoms with van der Waals surface area (Å²) < 4.78 is 46.5. The lowest BCUT2D eigenvalue weighted by atomic mass is 9.93. The lowest BCUT2D eigenvalue weighted by Crippen LogP contribution is -2.39. The van der Waals surface area contributed by atoms with Crippen LogP contribution in [0.15, 0.2) is 54.6 Å². The molecule has 0 amide bonds. The topological polar surface area (TPSA) is 40.5 Å². The summed E-state index contributed by atoms with van der Waals surface area (Å²) in [5, 5.41) is 7.12. The number of fused-ring (bicyclic) bond motifs is 2. The number of carbonyl (C=O) groups is 1. The molecule has 2 bridgehead atoms. The van der Waals surface area contributed by atoms with E-state index in [1.165, 1.54) is 37.8 Å². The first-order valence-electron chi connectivity index (χ1n) is 10.8. The van der Waals surface area contributed by atoms with Crippen LogP contribution in [0.2, 0.25) is 0 Å². The molecule has 3 nitrogen and oxygen atoms in total. The number of alkyl halides is 3. The fourth-order valence-electron chi connectivity index (χ4n) is 4.58. The Morgan fingerprint density at radius 3 is 2.25 bits per heavy atom. The Morgan fingerprint density at radius 2 is 1.69 bits per heavy atom. The largest absolute Gasteiger partial charge is 0.490 e. The molecule has 3 aliphatic rings. The summed E-state index contributed by atoms with van der Waals surface area (Å²) in [6, 6.07) is 16.8. The molecule has 2 heterocycles. The van der Waals surface area contributed by atoms with E-state index in [4.69, 9.17) is 9.90 Å². The zero-order valence-electron chi connectivity index (χ0n) is 17.5. The molecule has 170 valence electrons. The third-order valence-electron chi connectivity index (χ3n) is 6.37. The van der Waals surface area contributed by atoms with Gasteiger partial charge in [-0.3, -0.25) is 4.90 Å². The van der Waals surface area contributed by atoms with Gasteiger partial charge in [0.25, 0.3) is 0 Å². The molecule has 2 aliphatic heterocycles. The molecular weight excluding hydrogens is 422 g/mol. The quantitative estimate of drug-likeness (QED) is 0.571. The van der Waals surface area contributed by atoms with E-state index >= 15 is 0 Å². The Kier molecular flexibility index (Phi) is 6.38. The van der Waals surface area contributed by atoms with Crippen molar-refractivity contribution < 1.29 is 27.5 Å². The SMILES string of the molecule is Fc1cc(C2=CC3CCC(C2)N3CC2CC2)ccc1-c1ccccc1.O=C(O)C(F)(F)F. The van der Waals surface area contributed by atoms with Crippen molar-refractivity contribution in [3.8, 4) is 11.1 Å². The van der Waals surface area contributed by atoms with Crippen molar-refractivity contribution in [3.63, 3.8) is 0 Å². The highest BCUT2D eigenvalue weighted by molar-refractivity contribution is 5.73. The molecule has 1 N–H and O–H groups in total. The molecule has 32 heavy (non-hydrogen) atoms. The van der Waals surface area contributed by atoms with E-state index in [0.29, 0.717) is 17.6 Å². The molecule has 7 heteroatoms. The van der Waals surface area contributed by atoms with Crippen molar-refractivity contribution in [3.05, 3.63) is 66.0 Å². The van der Waals surface area contributed by atoms with E-state index in [0.717, 1.165) is 23.5 Å². The van der Waals surface area contributed by atoms with Crippen LogP contribution in [0.5, 0.6) is 0 Å². The second-order valence-electron chi connectivity index (χ2n) is 8.70. The summed E-state index contributed by atoms with van der Waals surface area (Å²) in [6.07, 6.45) is 3.81. The number of nitrogens with zero attached hydrogens (tertiary/aromatic N) is 1. The highest BCUT2D eigenvalue weighted by Crippen LogP contribution is 2.42. The highest BCUT2D eigenvalue weighted by atomic mass is 19.4. The lowest BCUT2D eigenvalue weighted by molar-refractivity contribution is -0.192. The van der Waals surface area contributed by atoms with Crippen LogP contribution in [0.3, 0.4) is 0 Å². The van der Waals surface area contributed by atoms with Gasteiger partial charge in [0, 0.05) is 24.2 Å². The smallest absolute Gasteiger partial charge is 0.475 e. The van der Waals surface area contributed by atoms with Crippen LogP contribution < -0.4 is 0 Å². The van der Waals surface area contributed by atoms with E-state index in [1.54, 1.807) is 6.07 Å². The van der Waals surface area contributed by atoms with Gasteiger partial charge in [-0.15, -0.1) is 0 Å². The van der Waals surface area contributed by atoms with Gasteiger partial charge in [-0.1, -0.05) is 48.5 Å². The highest BCUT2D eigenvalue weighted by Gasteiger charge is 2.39. The molecule has 2 atom stereocenters. The van der Waals surface area contributed by atoms with Gasteiger partial charge in [-0.2, -0.15) is 13.2 Å². The number of carboxylic acid groups (broad SMARTS) is 1. The lowest BCUT2D eigenvalue weighted by Gasteiger charge is -2.34. The van der Waals surface area contributed by atoms with E-state index < -0.39 is 12.1 Å². The second kappa shape index (κ2) is 9.06. The van der Waals surface area contributed by atoms with Crippen molar-refractivity contribution in [2.45, 2.75) is 50.4 Å². The number of benzene rings is 2. The van der Waals surface area contributed by atoms with Crippen molar-refractivity contribution in [2.24, 2.45) is 5.92 Å². The Hall–Kier alpha value is -2.67. The average molecular weight is 447 g/mol. The molecule has 2 aromatic rings. The Bertz CT molecular complexity index is 999. The van der Waals surface area contributed by atoms with Gasteiger partial charge in [-0.25, -0.2) is 9.18 Å². The third-order valence-corrected chi connectivity index (χ3v) is 6.37. The molecule has 5 rings (SSSR count). The van der Waals surface area contributed by atoms with Crippen LogP contribution in [0.1, 0.15) is 37.7 Å². The number of hydrogen-bond donors (Lipinski definition) is 1. The summed E-state index contributed by atoms with van der Waals surface area (Å²) in [5.74, 6) is -1.93. The summed E-state index contributed by atoms with van der Waals surface area (Å²) in [6.45, 7) is 1.28. The Balaban J connectivity index is 0.000000307. The molecule has 2 fully saturated rings. The second-order valence-corrected chi connectivity index (χ2v) is 8.70. The Morgan fingerprint density at radius 1 is 1.00 bits per heavy atom. The number of halogens is 4. The monoisotopic (exact) mass is 447 g/mol. The molecular formula is C25H25F4NO2. The van der Waals surface area contributed by atoms with E-state index in [-0.39, 0.29) is 5.82 Å². The zero-order valence-corrected chi connectivity index (χ0v) is 17.5. The molecule has 2 unspecified atom stereocenters. The number of hydrogen-bond acceptors (Lipinski definition) is 2. The first kappa shape index (κ1) is 22.5. The fourth-order valence-corrected chi connectivity index (χ4v) is 4.58. The van der Waals surface area contributed by atoms with E-state index in [2.05, 4.69) is 17.0 Å². The van der Waals surface area contributed by atoms with Gasteiger partial charge in [-0.05, 0) is 60.8 Å².